The van der Waals surface area contributed by atoms with Crippen molar-refractivity contribution < 1.29 is 9.30 Å². The molecule has 0 fully saturated rings. The summed E-state index contributed by atoms with van der Waals surface area (Å²) >= 11 is 0. The van der Waals surface area contributed by atoms with Crippen LogP contribution in [0.4, 0.5) is 0 Å². The van der Waals surface area contributed by atoms with E-state index < -0.39 is 0 Å². The van der Waals surface area contributed by atoms with Crippen molar-refractivity contribution in [2.75, 3.05) is 0 Å². The Labute approximate surface area is 168 Å². The van der Waals surface area contributed by atoms with Gasteiger partial charge >= 0.3 is 0 Å². The van der Waals surface area contributed by atoms with Gasteiger partial charge in [-0.25, -0.2) is 4.57 Å². The first-order valence-corrected chi connectivity index (χ1v) is 10.0. The molecule has 4 rings (SSSR count). The minimum atomic E-state index is -0.234. The smallest absolute Gasteiger partial charge is 0.212 e. The molecule has 1 aliphatic rings. The van der Waals surface area contributed by atoms with E-state index in [4.69, 9.17) is 4.74 Å². The van der Waals surface area contributed by atoms with Crippen LogP contribution in [-0.4, -0.2) is 5.60 Å². The molecule has 0 atom stereocenters. The normalized spacial score (nSPS) is 16.5. The van der Waals surface area contributed by atoms with Crippen LogP contribution < -0.4 is 9.30 Å². The minimum Gasteiger partial charge on any atom is -0.487 e. The van der Waals surface area contributed by atoms with E-state index in [0.717, 1.165) is 5.75 Å². The van der Waals surface area contributed by atoms with Crippen LogP contribution in [0.3, 0.4) is 0 Å². The third-order valence-corrected chi connectivity index (χ3v) is 6.71. The van der Waals surface area contributed by atoms with E-state index in [-0.39, 0.29) is 11.0 Å². The Morgan fingerprint density at radius 1 is 0.786 bits per heavy atom. The van der Waals surface area contributed by atoms with Crippen LogP contribution in [0.1, 0.15) is 44.4 Å². The molecule has 3 aromatic rings. The largest absolute Gasteiger partial charge is 0.487 e. The van der Waals surface area contributed by atoms with Crippen molar-refractivity contribution in [2.24, 2.45) is 7.05 Å². The van der Waals surface area contributed by atoms with Crippen molar-refractivity contribution in [2.45, 2.75) is 52.6 Å². The predicted octanol–water partition coefficient (Wildman–Crippen LogP) is 5.91. The highest BCUT2D eigenvalue weighted by atomic mass is 16.5. The molecule has 0 unspecified atom stereocenters. The number of rotatable bonds is 2. The first kappa shape index (κ1) is 18.7. The summed E-state index contributed by atoms with van der Waals surface area (Å²) in [4.78, 5) is 0. The van der Waals surface area contributed by atoms with E-state index in [0.29, 0.717) is 0 Å². The molecule has 0 radical (unpaired) electrons. The highest BCUT2D eigenvalue weighted by Crippen LogP contribution is 2.52. The number of fused-ring (bicyclic) bond motifs is 1. The minimum absolute atomic E-state index is 0.0708. The number of aryl methyl sites for hydroxylation is 3. The van der Waals surface area contributed by atoms with Crippen molar-refractivity contribution in [3.8, 4) is 28.1 Å². The Balaban J connectivity index is 1.92. The molecule has 0 saturated heterocycles. The molecule has 2 nitrogen and oxygen atoms in total. The van der Waals surface area contributed by atoms with Crippen molar-refractivity contribution in [1.29, 1.82) is 0 Å². The Morgan fingerprint density at radius 2 is 1.46 bits per heavy atom. The van der Waals surface area contributed by atoms with E-state index in [9.17, 15) is 0 Å². The van der Waals surface area contributed by atoms with Gasteiger partial charge in [0.25, 0.3) is 0 Å². The summed E-state index contributed by atoms with van der Waals surface area (Å²) in [5, 5.41) is 0. The number of nitrogens with zero attached hydrogens (tertiary/aromatic N) is 1. The van der Waals surface area contributed by atoms with Gasteiger partial charge in [0.05, 0.1) is 0 Å². The zero-order valence-electron chi connectivity index (χ0n) is 18.1. The van der Waals surface area contributed by atoms with E-state index in [1.165, 1.54) is 39.1 Å². The van der Waals surface area contributed by atoms with E-state index in [2.05, 4.69) is 108 Å². The fourth-order valence-electron chi connectivity index (χ4n) is 4.35. The molecule has 0 N–H and O–H groups in total. The molecule has 2 heterocycles. The van der Waals surface area contributed by atoms with E-state index in [1.807, 2.05) is 0 Å². The Hall–Kier alpha value is -2.61. The molecule has 28 heavy (non-hydrogen) atoms. The topological polar surface area (TPSA) is 13.1 Å². The molecule has 1 aromatic heterocycles. The second-order valence-corrected chi connectivity index (χ2v) is 9.10. The van der Waals surface area contributed by atoms with Crippen LogP contribution in [0.5, 0.6) is 5.75 Å². The van der Waals surface area contributed by atoms with Crippen LogP contribution in [-0.2, 0) is 12.5 Å². The fourth-order valence-corrected chi connectivity index (χ4v) is 4.35. The van der Waals surface area contributed by atoms with E-state index in [1.54, 1.807) is 0 Å². The standard InChI is InChI=1S/C26H30NO/c1-17-11-8-9-12-19(17)22-15-18(2)21(16-27(22)7)20-13-10-14-23-24(20)25(3,4)26(5,6)28-23/h8-16H,1-7H3/q+1. The first-order chi connectivity index (χ1) is 13.1. The molecule has 0 bridgehead atoms. The lowest BCUT2D eigenvalue weighted by molar-refractivity contribution is -0.660. The zero-order chi connectivity index (χ0) is 20.3. The molecule has 0 spiro atoms. The molecule has 1 aliphatic heterocycles. The van der Waals surface area contributed by atoms with Gasteiger partial charge in [-0.05, 0) is 56.5 Å². The SMILES string of the molecule is Cc1cc(-c2ccccc2C)[n+](C)cc1-c1cccc2c1C(C)(C)C(C)(C)O2. The third kappa shape index (κ3) is 2.66. The van der Waals surface area contributed by atoms with Gasteiger partial charge in [0.1, 0.15) is 18.4 Å². The maximum Gasteiger partial charge on any atom is 0.212 e. The van der Waals surface area contributed by atoms with Crippen LogP contribution in [0.2, 0.25) is 0 Å². The summed E-state index contributed by atoms with van der Waals surface area (Å²) in [7, 11) is 2.14. The lowest BCUT2D eigenvalue weighted by Gasteiger charge is -2.34. The Bertz CT molecular complexity index is 1080. The lowest BCUT2D eigenvalue weighted by Crippen LogP contribution is -2.42. The molecular weight excluding hydrogens is 342 g/mol. The van der Waals surface area contributed by atoms with Crippen molar-refractivity contribution in [3.05, 3.63) is 71.4 Å². The van der Waals surface area contributed by atoms with Gasteiger partial charge in [0, 0.05) is 28.2 Å². The summed E-state index contributed by atoms with van der Waals surface area (Å²) in [5.74, 6) is 1.01. The van der Waals surface area contributed by atoms with Crippen molar-refractivity contribution in [1.82, 2.24) is 0 Å². The quantitative estimate of drug-likeness (QED) is 0.510. The van der Waals surface area contributed by atoms with Gasteiger partial charge in [0.15, 0.2) is 6.20 Å². The number of aromatic nitrogens is 1. The van der Waals surface area contributed by atoms with Gasteiger partial charge < -0.3 is 4.74 Å². The van der Waals surface area contributed by atoms with Crippen molar-refractivity contribution >= 4 is 0 Å². The average Bonchev–Trinajstić information content (AvgIpc) is 2.82. The van der Waals surface area contributed by atoms with Crippen LogP contribution in [0.25, 0.3) is 22.4 Å². The predicted molar refractivity (Wildman–Crippen MR) is 116 cm³/mol. The molecular formula is C26H30NO+. The lowest BCUT2D eigenvalue weighted by atomic mass is 9.71. The zero-order valence-corrected chi connectivity index (χ0v) is 18.1. The maximum absolute atomic E-state index is 6.34. The van der Waals surface area contributed by atoms with Crippen LogP contribution in [0.15, 0.2) is 54.7 Å². The summed E-state index contributed by atoms with van der Waals surface area (Å²) in [6, 6.07) is 17.3. The highest BCUT2D eigenvalue weighted by Gasteiger charge is 2.49. The van der Waals surface area contributed by atoms with E-state index >= 15 is 0 Å². The number of pyridine rings is 1. The molecule has 0 saturated carbocycles. The summed E-state index contributed by atoms with van der Waals surface area (Å²) < 4.78 is 8.59. The summed E-state index contributed by atoms with van der Waals surface area (Å²) in [6.45, 7) is 13.3. The molecule has 2 heteroatoms. The Morgan fingerprint density at radius 3 is 2.18 bits per heavy atom. The first-order valence-electron chi connectivity index (χ1n) is 10.0. The third-order valence-electron chi connectivity index (χ3n) is 6.71. The van der Waals surface area contributed by atoms with Crippen LogP contribution >= 0.6 is 0 Å². The Kier molecular flexibility index (Phi) is 4.15. The number of ether oxygens (including phenoxy) is 1. The number of benzene rings is 2. The summed E-state index contributed by atoms with van der Waals surface area (Å²) in [5.41, 5.74) is 8.65. The van der Waals surface area contributed by atoms with Gasteiger partial charge in [-0.2, -0.15) is 0 Å². The average molecular weight is 373 g/mol. The summed E-state index contributed by atoms with van der Waals surface area (Å²) in [6.07, 6.45) is 2.27. The number of hydrogen-bond acceptors (Lipinski definition) is 1. The molecule has 2 aromatic carbocycles. The second kappa shape index (κ2) is 6.20. The molecule has 0 aliphatic carbocycles. The monoisotopic (exact) mass is 372 g/mol. The maximum atomic E-state index is 6.34. The fraction of sp³-hybridized carbons (Fsp3) is 0.346. The van der Waals surface area contributed by atoms with Crippen molar-refractivity contribution in [3.63, 3.8) is 0 Å². The molecule has 144 valence electrons. The van der Waals surface area contributed by atoms with Gasteiger partial charge in [-0.3, -0.25) is 0 Å². The van der Waals surface area contributed by atoms with Crippen LogP contribution in [0, 0.1) is 13.8 Å². The van der Waals surface area contributed by atoms with Gasteiger partial charge in [0.2, 0.25) is 5.69 Å². The van der Waals surface area contributed by atoms with Gasteiger partial charge in [-0.15, -0.1) is 0 Å². The molecule has 0 amide bonds. The highest BCUT2D eigenvalue weighted by molar-refractivity contribution is 5.76. The number of hydrogen-bond donors (Lipinski definition) is 0. The second-order valence-electron chi connectivity index (χ2n) is 9.10. The van der Waals surface area contributed by atoms with Gasteiger partial charge in [-0.1, -0.05) is 44.2 Å².